The Kier molecular flexibility index (Phi) is 7.37. The summed E-state index contributed by atoms with van der Waals surface area (Å²) in [6.45, 7) is 0.906. The van der Waals surface area contributed by atoms with Crippen LogP contribution in [0.15, 0.2) is 66.0 Å². The van der Waals surface area contributed by atoms with Crippen molar-refractivity contribution in [3.8, 4) is 11.5 Å². The predicted octanol–water partition coefficient (Wildman–Crippen LogP) is 3.48. The zero-order valence-electron chi connectivity index (χ0n) is 19.0. The van der Waals surface area contributed by atoms with Gasteiger partial charge in [-0.3, -0.25) is 9.78 Å². The summed E-state index contributed by atoms with van der Waals surface area (Å²) in [7, 11) is -2.46. The van der Waals surface area contributed by atoms with Crippen LogP contribution >= 0.6 is 0 Å². The highest BCUT2D eigenvalue weighted by Crippen LogP contribution is 2.33. The molecule has 10 nitrogen and oxygen atoms in total. The molecule has 1 N–H and O–H groups in total. The van der Waals surface area contributed by atoms with Gasteiger partial charge in [-0.2, -0.15) is 4.31 Å². The number of rotatable bonds is 7. The van der Waals surface area contributed by atoms with Crippen LogP contribution in [0.25, 0.3) is 0 Å². The van der Waals surface area contributed by atoms with Crippen molar-refractivity contribution >= 4 is 27.6 Å². The molecule has 0 aliphatic carbocycles. The fourth-order valence-corrected chi connectivity index (χ4v) is 5.16. The van der Waals surface area contributed by atoms with Crippen molar-refractivity contribution < 1.29 is 27.5 Å². The summed E-state index contributed by atoms with van der Waals surface area (Å²) >= 11 is 0. The monoisotopic (exact) mass is 496 g/mol. The van der Waals surface area contributed by atoms with E-state index in [2.05, 4.69) is 15.3 Å². The summed E-state index contributed by atoms with van der Waals surface area (Å²) in [6.07, 6.45) is 6.72. The van der Waals surface area contributed by atoms with Crippen molar-refractivity contribution in [3.63, 3.8) is 0 Å². The number of carbonyl (C=O) groups excluding carboxylic acids is 2. The fourth-order valence-electron chi connectivity index (χ4n) is 3.62. The minimum atomic E-state index is -3.75. The van der Waals surface area contributed by atoms with E-state index in [1.807, 2.05) is 0 Å². The average molecular weight is 497 g/mol. The molecule has 0 unspecified atom stereocenters. The van der Waals surface area contributed by atoms with Crippen molar-refractivity contribution in [2.45, 2.75) is 24.2 Å². The Labute approximate surface area is 203 Å². The van der Waals surface area contributed by atoms with E-state index in [1.165, 1.54) is 60.3 Å². The Morgan fingerprint density at radius 1 is 1.00 bits per heavy atom. The Morgan fingerprint density at radius 3 is 2.40 bits per heavy atom. The topological polar surface area (TPSA) is 128 Å². The molecule has 2 heterocycles. The lowest BCUT2D eigenvalue weighted by molar-refractivity contribution is 0.0600. The van der Waals surface area contributed by atoms with E-state index < -0.39 is 21.9 Å². The van der Waals surface area contributed by atoms with Crippen LogP contribution in [-0.4, -0.2) is 54.8 Å². The van der Waals surface area contributed by atoms with Crippen molar-refractivity contribution in [2.75, 3.05) is 25.5 Å². The number of piperidine rings is 1. The Balaban J connectivity index is 1.66. The van der Waals surface area contributed by atoms with E-state index in [9.17, 15) is 18.0 Å². The minimum Gasteiger partial charge on any atom is -0.465 e. The first-order valence-electron chi connectivity index (χ1n) is 11.0. The molecule has 1 saturated heterocycles. The largest absolute Gasteiger partial charge is 0.465 e. The first kappa shape index (κ1) is 24.3. The van der Waals surface area contributed by atoms with E-state index in [4.69, 9.17) is 9.47 Å². The highest BCUT2D eigenvalue weighted by Gasteiger charge is 2.27. The van der Waals surface area contributed by atoms with Gasteiger partial charge >= 0.3 is 5.97 Å². The molecule has 11 heteroatoms. The summed E-state index contributed by atoms with van der Waals surface area (Å²) in [5, 5.41) is 2.68. The Morgan fingerprint density at radius 2 is 1.74 bits per heavy atom. The standard InChI is InChI=1S/C24H24N4O6S/c1-33-24(30)17-5-7-18(8-6-17)34-22-10-9-19(35(31,32)28-13-3-2-4-14-28)15-20(22)27-23(29)21-16-25-11-12-26-21/h5-12,15-16H,2-4,13-14H2,1H3,(H,27,29). The Hall–Kier alpha value is -3.83. The van der Waals surface area contributed by atoms with Gasteiger partial charge in [-0.1, -0.05) is 6.42 Å². The maximum Gasteiger partial charge on any atom is 0.337 e. The predicted molar refractivity (Wildman–Crippen MR) is 127 cm³/mol. The molecule has 0 spiro atoms. The molecule has 0 bridgehead atoms. The Bertz CT molecular complexity index is 1310. The van der Waals surface area contributed by atoms with Crippen molar-refractivity contribution in [2.24, 2.45) is 0 Å². The van der Waals surface area contributed by atoms with Crippen LogP contribution < -0.4 is 10.1 Å². The van der Waals surface area contributed by atoms with E-state index in [1.54, 1.807) is 12.1 Å². The lowest BCUT2D eigenvalue weighted by Crippen LogP contribution is -2.35. The molecule has 1 amide bonds. The summed E-state index contributed by atoms with van der Waals surface area (Å²) in [5.41, 5.74) is 0.556. The van der Waals surface area contributed by atoms with Gasteiger partial charge in [0.05, 0.1) is 29.5 Å². The quantitative estimate of drug-likeness (QED) is 0.493. The number of hydrogen-bond donors (Lipinski definition) is 1. The first-order valence-corrected chi connectivity index (χ1v) is 12.4. The summed E-state index contributed by atoms with van der Waals surface area (Å²) in [6, 6.07) is 10.5. The number of aromatic nitrogens is 2. The van der Waals surface area contributed by atoms with E-state index >= 15 is 0 Å². The smallest absolute Gasteiger partial charge is 0.337 e. The fraction of sp³-hybridized carbons (Fsp3) is 0.250. The zero-order chi connectivity index (χ0) is 24.8. The number of ether oxygens (including phenoxy) is 2. The van der Waals surface area contributed by atoms with Gasteiger partial charge in [0.15, 0.2) is 5.75 Å². The van der Waals surface area contributed by atoms with Crippen LogP contribution in [0.5, 0.6) is 11.5 Å². The highest BCUT2D eigenvalue weighted by atomic mass is 32.2. The van der Waals surface area contributed by atoms with Gasteiger partial charge in [-0.15, -0.1) is 0 Å². The number of nitrogens with zero attached hydrogens (tertiary/aromatic N) is 3. The first-order chi connectivity index (χ1) is 16.9. The molecule has 0 saturated carbocycles. The van der Waals surface area contributed by atoms with Crippen LogP contribution in [0.1, 0.15) is 40.1 Å². The van der Waals surface area contributed by atoms with Gasteiger partial charge in [0, 0.05) is 25.5 Å². The molecule has 182 valence electrons. The lowest BCUT2D eigenvalue weighted by Gasteiger charge is -2.26. The van der Waals surface area contributed by atoms with Gasteiger partial charge in [0.1, 0.15) is 11.4 Å². The molecule has 35 heavy (non-hydrogen) atoms. The number of hydrogen-bond acceptors (Lipinski definition) is 8. The van der Waals surface area contributed by atoms with Crippen LogP contribution in [0.2, 0.25) is 0 Å². The van der Waals surface area contributed by atoms with Crippen LogP contribution in [-0.2, 0) is 14.8 Å². The third kappa shape index (κ3) is 5.64. The van der Waals surface area contributed by atoms with E-state index in [0.717, 1.165) is 19.3 Å². The van der Waals surface area contributed by atoms with Crippen molar-refractivity contribution in [1.29, 1.82) is 0 Å². The number of sulfonamides is 1. The summed E-state index contributed by atoms with van der Waals surface area (Å²) < 4.78 is 38.5. The molecular weight excluding hydrogens is 472 g/mol. The molecule has 1 fully saturated rings. The number of nitrogens with one attached hydrogen (secondary N) is 1. The van der Waals surface area contributed by atoms with Crippen LogP contribution in [0.4, 0.5) is 5.69 Å². The molecule has 1 aromatic heterocycles. The maximum absolute atomic E-state index is 13.2. The van der Waals surface area contributed by atoms with Gasteiger partial charge < -0.3 is 14.8 Å². The van der Waals surface area contributed by atoms with Crippen LogP contribution in [0, 0.1) is 0 Å². The number of benzene rings is 2. The number of anilines is 1. The van der Waals surface area contributed by atoms with E-state index in [-0.39, 0.29) is 22.0 Å². The molecule has 4 rings (SSSR count). The SMILES string of the molecule is COC(=O)c1ccc(Oc2ccc(S(=O)(=O)N3CCCCC3)cc2NC(=O)c2cnccn2)cc1. The normalized spacial score (nSPS) is 14.2. The molecule has 1 aliphatic rings. The third-order valence-corrected chi connectivity index (χ3v) is 7.35. The second-order valence-electron chi connectivity index (χ2n) is 7.79. The summed E-state index contributed by atoms with van der Waals surface area (Å²) in [4.78, 5) is 32.3. The average Bonchev–Trinajstić information content (AvgIpc) is 2.90. The number of methoxy groups -OCH3 is 1. The molecule has 2 aromatic carbocycles. The summed E-state index contributed by atoms with van der Waals surface area (Å²) in [5.74, 6) is -0.470. The van der Waals surface area contributed by atoms with Crippen LogP contribution in [0.3, 0.4) is 0 Å². The van der Waals surface area contributed by atoms with E-state index in [0.29, 0.717) is 24.4 Å². The number of esters is 1. The highest BCUT2D eigenvalue weighted by molar-refractivity contribution is 7.89. The van der Waals surface area contributed by atoms with Crippen molar-refractivity contribution in [1.82, 2.24) is 14.3 Å². The van der Waals surface area contributed by atoms with Gasteiger partial charge in [-0.05, 0) is 55.3 Å². The second kappa shape index (κ2) is 10.6. The zero-order valence-corrected chi connectivity index (χ0v) is 19.8. The molecule has 0 atom stereocenters. The second-order valence-corrected chi connectivity index (χ2v) is 9.72. The number of amides is 1. The third-order valence-electron chi connectivity index (χ3n) is 5.45. The van der Waals surface area contributed by atoms with Gasteiger partial charge in [-0.25, -0.2) is 18.2 Å². The molecule has 0 radical (unpaired) electrons. The number of carbonyl (C=O) groups is 2. The molecule has 1 aliphatic heterocycles. The van der Waals surface area contributed by atoms with Gasteiger partial charge in [0.25, 0.3) is 5.91 Å². The maximum atomic E-state index is 13.2. The van der Waals surface area contributed by atoms with Crippen molar-refractivity contribution in [3.05, 3.63) is 72.3 Å². The molecule has 3 aromatic rings. The minimum absolute atomic E-state index is 0.0437. The molecular formula is C24H24N4O6S. The lowest BCUT2D eigenvalue weighted by atomic mass is 10.2. The van der Waals surface area contributed by atoms with Gasteiger partial charge in [0.2, 0.25) is 10.0 Å².